The Balaban J connectivity index is 1.21. The number of amides is 1. The maximum absolute atomic E-state index is 12.8. The fourth-order valence-corrected chi connectivity index (χ4v) is 6.67. The van der Waals surface area contributed by atoms with Crippen molar-refractivity contribution in [2.24, 2.45) is 0 Å². The van der Waals surface area contributed by atoms with Gasteiger partial charge in [-0.05, 0) is 47.5 Å². The minimum Gasteiger partial charge on any atom is -0.351 e. The fraction of sp³-hybridized carbons (Fsp3) is 0.296. The molecule has 1 aliphatic heterocycles. The third-order valence-corrected chi connectivity index (χ3v) is 9.77. The summed E-state index contributed by atoms with van der Waals surface area (Å²) in [5.41, 5.74) is 2.75. The second-order valence-corrected chi connectivity index (χ2v) is 12.6. The van der Waals surface area contributed by atoms with E-state index in [1.54, 1.807) is 46.4 Å². The first-order chi connectivity index (χ1) is 17.8. The lowest BCUT2D eigenvalue weighted by Crippen LogP contribution is -2.48. The van der Waals surface area contributed by atoms with Crippen LogP contribution in [0.25, 0.3) is 0 Å². The summed E-state index contributed by atoms with van der Waals surface area (Å²) in [6.45, 7) is 3.39. The molecule has 0 radical (unpaired) electrons. The van der Waals surface area contributed by atoms with Gasteiger partial charge >= 0.3 is 0 Å². The largest absolute Gasteiger partial charge is 0.351 e. The highest BCUT2D eigenvalue weighted by Gasteiger charge is 2.28. The quantitative estimate of drug-likeness (QED) is 0.337. The highest BCUT2D eigenvalue weighted by Crippen LogP contribution is 2.24. The summed E-state index contributed by atoms with van der Waals surface area (Å²) in [6, 6.07) is 21.8. The highest BCUT2D eigenvalue weighted by atomic mass is 35.5. The molecule has 3 aromatic rings. The molecule has 1 aliphatic rings. The van der Waals surface area contributed by atoms with E-state index >= 15 is 0 Å². The van der Waals surface area contributed by atoms with Gasteiger partial charge in [-0.2, -0.15) is 16.1 Å². The molecule has 1 heterocycles. The van der Waals surface area contributed by atoms with Crippen LogP contribution in [-0.2, 0) is 22.3 Å². The minimum absolute atomic E-state index is 0.101. The van der Waals surface area contributed by atoms with Gasteiger partial charge in [0.1, 0.15) is 0 Å². The second-order valence-electron chi connectivity index (χ2n) is 8.75. The second kappa shape index (κ2) is 13.1. The average Bonchev–Trinajstić information content (AvgIpc) is 2.91. The van der Waals surface area contributed by atoms with E-state index in [9.17, 15) is 13.2 Å². The Hall–Kier alpha value is -2.07. The standard InChI is InChI=1S/C27H29Cl2N3O3S2/c28-25-10-9-22(18-26(25)29)20-36-16-11-30-27(33)23-6-4-5-21(17-23)19-31-12-14-32(15-13-31)37(34,35)24-7-2-1-3-8-24/h1-10,17-18H,11-16,19-20H2,(H,30,33). The Kier molecular flexibility index (Phi) is 9.92. The summed E-state index contributed by atoms with van der Waals surface area (Å²) < 4.78 is 27.2. The van der Waals surface area contributed by atoms with Crippen LogP contribution in [0.2, 0.25) is 10.0 Å². The summed E-state index contributed by atoms with van der Waals surface area (Å²) in [5, 5.41) is 4.07. The lowest BCUT2D eigenvalue weighted by atomic mass is 10.1. The van der Waals surface area contributed by atoms with E-state index in [2.05, 4.69) is 10.2 Å². The number of hydrogen-bond acceptors (Lipinski definition) is 5. The molecule has 1 saturated heterocycles. The third-order valence-electron chi connectivity index (χ3n) is 6.09. The van der Waals surface area contributed by atoms with E-state index in [4.69, 9.17) is 23.2 Å². The van der Waals surface area contributed by atoms with Crippen LogP contribution in [0.3, 0.4) is 0 Å². The Morgan fingerprint density at radius 3 is 2.35 bits per heavy atom. The number of rotatable bonds is 10. The summed E-state index contributed by atoms with van der Waals surface area (Å²) >= 11 is 13.7. The zero-order chi connectivity index (χ0) is 26.3. The van der Waals surface area contributed by atoms with Gasteiger partial charge in [-0.15, -0.1) is 0 Å². The van der Waals surface area contributed by atoms with Gasteiger partial charge < -0.3 is 5.32 Å². The maximum atomic E-state index is 12.8. The first-order valence-electron chi connectivity index (χ1n) is 12.0. The summed E-state index contributed by atoms with van der Waals surface area (Å²) in [6.07, 6.45) is 0. The summed E-state index contributed by atoms with van der Waals surface area (Å²) in [7, 11) is -3.47. The van der Waals surface area contributed by atoms with E-state index in [-0.39, 0.29) is 5.91 Å². The van der Waals surface area contributed by atoms with Gasteiger partial charge in [0.2, 0.25) is 10.0 Å². The van der Waals surface area contributed by atoms with Crippen LogP contribution >= 0.6 is 35.0 Å². The highest BCUT2D eigenvalue weighted by molar-refractivity contribution is 7.98. The lowest BCUT2D eigenvalue weighted by Gasteiger charge is -2.34. The predicted octanol–water partition coefficient (Wildman–Crippen LogP) is 5.16. The number of nitrogens with zero attached hydrogens (tertiary/aromatic N) is 2. The number of sulfonamides is 1. The lowest BCUT2D eigenvalue weighted by molar-refractivity contribution is 0.0956. The van der Waals surface area contributed by atoms with Gasteiger partial charge in [-0.3, -0.25) is 9.69 Å². The van der Waals surface area contributed by atoms with Gasteiger partial charge in [-0.25, -0.2) is 8.42 Å². The predicted molar refractivity (Wildman–Crippen MR) is 152 cm³/mol. The van der Waals surface area contributed by atoms with Gasteiger partial charge in [0.15, 0.2) is 0 Å². The Morgan fingerprint density at radius 1 is 0.865 bits per heavy atom. The molecule has 0 bridgehead atoms. The van der Waals surface area contributed by atoms with Crippen molar-refractivity contribution in [1.29, 1.82) is 0 Å². The molecule has 10 heteroatoms. The molecule has 0 spiro atoms. The monoisotopic (exact) mass is 577 g/mol. The zero-order valence-corrected chi connectivity index (χ0v) is 23.4. The number of halogens is 2. The van der Waals surface area contributed by atoms with Crippen molar-refractivity contribution in [1.82, 2.24) is 14.5 Å². The van der Waals surface area contributed by atoms with Crippen LogP contribution in [0.4, 0.5) is 0 Å². The molecule has 1 N–H and O–H groups in total. The normalized spacial score (nSPS) is 15.0. The Bertz CT molecular complexity index is 1320. The van der Waals surface area contributed by atoms with Crippen LogP contribution in [0.15, 0.2) is 77.7 Å². The molecule has 196 valence electrons. The number of carbonyl (C=O) groups excluding carboxylic acids is 1. The molecular weight excluding hydrogens is 549 g/mol. The SMILES string of the molecule is O=C(NCCSCc1ccc(Cl)c(Cl)c1)c1cccc(CN2CCN(S(=O)(=O)c3ccccc3)CC2)c1. The van der Waals surface area contributed by atoms with Crippen LogP contribution in [-0.4, -0.2) is 62.0 Å². The van der Waals surface area contributed by atoms with Crippen molar-refractivity contribution in [3.05, 3.63) is 99.5 Å². The van der Waals surface area contributed by atoms with Crippen LogP contribution < -0.4 is 5.32 Å². The molecule has 1 amide bonds. The Labute approximate surface area is 233 Å². The number of nitrogens with one attached hydrogen (secondary N) is 1. The van der Waals surface area contributed by atoms with Gasteiger partial charge in [0.05, 0.1) is 14.9 Å². The first kappa shape index (κ1) is 28.0. The molecule has 3 aromatic carbocycles. The van der Waals surface area contributed by atoms with Gasteiger partial charge in [-0.1, -0.05) is 59.6 Å². The summed E-state index contributed by atoms with van der Waals surface area (Å²) in [5.74, 6) is 1.47. The van der Waals surface area contributed by atoms with Crippen molar-refractivity contribution in [3.63, 3.8) is 0 Å². The number of thioether (sulfide) groups is 1. The molecule has 0 saturated carbocycles. The van der Waals surface area contributed by atoms with Crippen molar-refractivity contribution in [3.8, 4) is 0 Å². The zero-order valence-electron chi connectivity index (χ0n) is 20.3. The number of piperazine rings is 1. The number of carbonyl (C=O) groups is 1. The van der Waals surface area contributed by atoms with Crippen molar-refractivity contribution in [2.45, 2.75) is 17.2 Å². The maximum Gasteiger partial charge on any atom is 0.251 e. The van der Waals surface area contributed by atoms with Gasteiger partial charge in [0, 0.05) is 56.3 Å². The topological polar surface area (TPSA) is 69.7 Å². The van der Waals surface area contributed by atoms with Crippen LogP contribution in [0.5, 0.6) is 0 Å². The molecule has 0 aromatic heterocycles. The molecule has 0 atom stereocenters. The fourth-order valence-electron chi connectivity index (χ4n) is 4.10. The smallest absolute Gasteiger partial charge is 0.251 e. The molecule has 0 aliphatic carbocycles. The minimum atomic E-state index is -3.47. The molecule has 1 fully saturated rings. The summed E-state index contributed by atoms with van der Waals surface area (Å²) in [4.78, 5) is 15.2. The molecule has 0 unspecified atom stereocenters. The average molecular weight is 579 g/mol. The Morgan fingerprint density at radius 2 is 1.62 bits per heavy atom. The van der Waals surface area contributed by atoms with Crippen LogP contribution in [0.1, 0.15) is 21.5 Å². The van der Waals surface area contributed by atoms with Crippen molar-refractivity contribution in [2.75, 3.05) is 38.5 Å². The van der Waals surface area contributed by atoms with Gasteiger partial charge in [0.25, 0.3) is 5.91 Å². The molecule has 6 nitrogen and oxygen atoms in total. The number of hydrogen-bond donors (Lipinski definition) is 1. The molecular formula is C27H29Cl2N3O3S2. The van der Waals surface area contributed by atoms with E-state index in [0.717, 1.165) is 22.6 Å². The van der Waals surface area contributed by atoms with E-state index in [1.165, 1.54) is 0 Å². The van der Waals surface area contributed by atoms with E-state index in [1.807, 2.05) is 42.5 Å². The van der Waals surface area contributed by atoms with Crippen LogP contribution in [0, 0.1) is 0 Å². The number of benzene rings is 3. The van der Waals surface area contributed by atoms with Crippen molar-refractivity contribution < 1.29 is 13.2 Å². The van der Waals surface area contributed by atoms with E-state index < -0.39 is 10.0 Å². The van der Waals surface area contributed by atoms with E-state index in [0.29, 0.717) is 59.8 Å². The molecule has 37 heavy (non-hydrogen) atoms. The first-order valence-corrected chi connectivity index (χ1v) is 15.3. The third kappa shape index (κ3) is 7.72. The van der Waals surface area contributed by atoms with Crippen molar-refractivity contribution >= 4 is 50.9 Å². The molecule has 4 rings (SSSR count).